The average molecular weight is 464 g/mol. The van der Waals surface area contributed by atoms with Crippen molar-refractivity contribution < 1.29 is 26.4 Å². The van der Waals surface area contributed by atoms with Crippen LogP contribution >= 0.6 is 11.8 Å². The van der Waals surface area contributed by atoms with Gasteiger partial charge in [0.25, 0.3) is 0 Å². The largest absolute Gasteiger partial charge is 0.416 e. The van der Waals surface area contributed by atoms with Crippen molar-refractivity contribution in [3.8, 4) is 0 Å². The molecule has 1 amide bonds. The summed E-state index contributed by atoms with van der Waals surface area (Å²) in [6.45, 7) is 4.60. The number of aromatic nitrogens is 2. The van der Waals surface area contributed by atoms with Crippen LogP contribution < -0.4 is 0 Å². The molecule has 1 aromatic heterocycles. The first-order valence-electron chi connectivity index (χ1n) is 9.76. The van der Waals surface area contributed by atoms with Crippen molar-refractivity contribution in [2.24, 2.45) is 0 Å². The molecule has 0 bridgehead atoms. The highest BCUT2D eigenvalue weighted by atomic mass is 32.2. The molecule has 30 heavy (non-hydrogen) atoms. The molecule has 166 valence electrons. The zero-order valence-corrected chi connectivity index (χ0v) is 18.4. The molecule has 2 aromatic rings. The maximum atomic E-state index is 13.1. The van der Waals surface area contributed by atoms with Crippen molar-refractivity contribution in [2.75, 3.05) is 23.8 Å². The second-order valence-electron chi connectivity index (χ2n) is 7.27. The molecule has 3 rings (SSSR count). The highest BCUT2D eigenvalue weighted by molar-refractivity contribution is 7.99. The first-order chi connectivity index (χ1) is 14.1. The van der Waals surface area contributed by atoms with Crippen molar-refractivity contribution in [3.05, 3.63) is 23.8 Å². The van der Waals surface area contributed by atoms with Crippen LogP contribution in [0.15, 0.2) is 23.4 Å². The van der Waals surface area contributed by atoms with E-state index in [0.717, 1.165) is 12.1 Å². The molecule has 0 radical (unpaired) electrons. The van der Waals surface area contributed by atoms with Crippen LogP contribution in [0, 0.1) is 0 Å². The highest BCUT2D eigenvalue weighted by Crippen LogP contribution is 2.33. The van der Waals surface area contributed by atoms with E-state index in [-0.39, 0.29) is 29.2 Å². The minimum Gasteiger partial charge on any atom is -0.338 e. The number of carbonyl (C=O) groups is 1. The molecule has 1 saturated heterocycles. The van der Waals surface area contributed by atoms with Crippen LogP contribution in [-0.2, 0) is 27.4 Å². The minimum atomic E-state index is -4.44. The van der Waals surface area contributed by atoms with Gasteiger partial charge in [0, 0.05) is 19.1 Å². The smallest absolute Gasteiger partial charge is 0.338 e. The maximum absolute atomic E-state index is 13.1. The Bertz CT molecular complexity index is 1030. The van der Waals surface area contributed by atoms with E-state index in [9.17, 15) is 26.4 Å². The zero-order valence-electron chi connectivity index (χ0n) is 16.8. The van der Waals surface area contributed by atoms with Crippen molar-refractivity contribution in [1.29, 1.82) is 0 Å². The van der Waals surface area contributed by atoms with E-state index in [1.165, 1.54) is 17.8 Å². The SMILES string of the molecule is CCCn1c(SCC(=O)N(CC)[C@H]2CCS(=O)(=O)C2)nc2ccc(C(F)(F)F)cc21. The van der Waals surface area contributed by atoms with E-state index < -0.39 is 21.6 Å². The Labute approximate surface area is 177 Å². The number of amides is 1. The van der Waals surface area contributed by atoms with Gasteiger partial charge in [-0.25, -0.2) is 13.4 Å². The van der Waals surface area contributed by atoms with Gasteiger partial charge in [0.2, 0.25) is 5.91 Å². The molecule has 1 aliphatic rings. The Morgan fingerprint density at radius 3 is 2.63 bits per heavy atom. The van der Waals surface area contributed by atoms with Gasteiger partial charge >= 0.3 is 6.18 Å². The van der Waals surface area contributed by atoms with E-state index in [2.05, 4.69) is 4.98 Å². The van der Waals surface area contributed by atoms with Crippen molar-refractivity contribution in [1.82, 2.24) is 14.5 Å². The number of alkyl halides is 3. The van der Waals surface area contributed by atoms with Gasteiger partial charge in [0.1, 0.15) is 0 Å². The van der Waals surface area contributed by atoms with Crippen molar-refractivity contribution in [3.63, 3.8) is 0 Å². The second-order valence-corrected chi connectivity index (χ2v) is 10.4. The van der Waals surface area contributed by atoms with E-state index in [4.69, 9.17) is 0 Å². The number of sulfone groups is 1. The fourth-order valence-corrected chi connectivity index (χ4v) is 6.35. The van der Waals surface area contributed by atoms with E-state index in [0.29, 0.717) is 42.1 Å². The number of rotatable bonds is 7. The Balaban J connectivity index is 1.81. The topological polar surface area (TPSA) is 72.3 Å². The van der Waals surface area contributed by atoms with Gasteiger partial charge in [-0.05, 0) is 38.0 Å². The molecule has 1 aliphatic heterocycles. The summed E-state index contributed by atoms with van der Waals surface area (Å²) in [7, 11) is -3.11. The molecule has 1 aromatic carbocycles. The molecule has 1 atom stereocenters. The Kier molecular flexibility index (Phi) is 6.71. The standard InChI is InChI=1S/C19H24F3N3O3S2/c1-3-8-25-16-10-13(19(20,21)22)5-6-15(16)23-18(25)29-11-17(26)24(4-2)14-7-9-30(27,28)12-14/h5-6,10,14H,3-4,7-9,11-12H2,1-2H3/t14-/m0/s1. The van der Waals surface area contributed by atoms with Crippen molar-refractivity contribution >= 4 is 38.5 Å². The number of benzene rings is 1. The first-order valence-corrected chi connectivity index (χ1v) is 12.6. The molecular weight excluding hydrogens is 439 g/mol. The van der Waals surface area contributed by atoms with Crippen LogP contribution in [-0.4, -0.2) is 58.6 Å². The number of hydrogen-bond acceptors (Lipinski definition) is 5. The number of imidazole rings is 1. The molecule has 0 spiro atoms. The molecule has 6 nitrogen and oxygen atoms in total. The Morgan fingerprint density at radius 1 is 1.33 bits per heavy atom. The highest BCUT2D eigenvalue weighted by Gasteiger charge is 2.34. The number of hydrogen-bond donors (Lipinski definition) is 0. The zero-order chi connectivity index (χ0) is 22.1. The van der Waals surface area contributed by atoms with Gasteiger partial charge in [-0.15, -0.1) is 0 Å². The van der Waals surface area contributed by atoms with Crippen LogP contribution in [0.3, 0.4) is 0 Å². The number of fused-ring (bicyclic) bond motifs is 1. The van der Waals surface area contributed by atoms with Crippen LogP contribution in [0.2, 0.25) is 0 Å². The van der Waals surface area contributed by atoms with Gasteiger partial charge < -0.3 is 9.47 Å². The predicted molar refractivity (Wildman–Crippen MR) is 110 cm³/mol. The summed E-state index contributed by atoms with van der Waals surface area (Å²) in [5, 5.41) is 0.481. The lowest BCUT2D eigenvalue weighted by Crippen LogP contribution is -2.42. The molecule has 1 fully saturated rings. The summed E-state index contributed by atoms with van der Waals surface area (Å²) in [4.78, 5) is 18.7. The third-order valence-corrected chi connectivity index (χ3v) is 7.83. The van der Waals surface area contributed by atoms with Gasteiger partial charge in [-0.2, -0.15) is 13.2 Å². The van der Waals surface area contributed by atoms with Crippen molar-refractivity contribution in [2.45, 2.75) is 50.6 Å². The number of thioether (sulfide) groups is 1. The third-order valence-electron chi connectivity index (χ3n) is 5.12. The van der Waals surface area contributed by atoms with Gasteiger partial charge in [-0.1, -0.05) is 18.7 Å². The summed E-state index contributed by atoms with van der Waals surface area (Å²) in [5.74, 6) is -0.0895. The fourth-order valence-electron chi connectivity index (χ4n) is 3.70. The van der Waals surface area contributed by atoms with Crippen LogP contribution in [0.25, 0.3) is 11.0 Å². The number of nitrogens with zero attached hydrogens (tertiary/aromatic N) is 3. The van der Waals surface area contributed by atoms with Gasteiger partial charge in [0.15, 0.2) is 15.0 Å². The Morgan fingerprint density at radius 2 is 2.07 bits per heavy atom. The van der Waals surface area contributed by atoms with Crippen LogP contribution in [0.5, 0.6) is 0 Å². The predicted octanol–water partition coefficient (Wildman–Crippen LogP) is 3.59. The third kappa shape index (κ3) is 4.93. The number of carbonyl (C=O) groups excluding carboxylic acids is 1. The molecule has 0 saturated carbocycles. The van der Waals surface area contributed by atoms with E-state index in [1.807, 2.05) is 6.92 Å². The van der Waals surface area contributed by atoms with E-state index >= 15 is 0 Å². The molecule has 0 aliphatic carbocycles. The first kappa shape index (κ1) is 22.9. The minimum absolute atomic E-state index is 0.0220. The summed E-state index contributed by atoms with van der Waals surface area (Å²) in [5.41, 5.74) is 0.0935. The fraction of sp³-hybridized carbons (Fsp3) is 0.579. The summed E-state index contributed by atoms with van der Waals surface area (Å²) in [6, 6.07) is 3.12. The lowest BCUT2D eigenvalue weighted by molar-refractivity contribution is -0.137. The quantitative estimate of drug-likeness (QED) is 0.587. The lowest BCUT2D eigenvalue weighted by Gasteiger charge is -2.26. The molecule has 11 heteroatoms. The van der Waals surface area contributed by atoms with Gasteiger partial charge in [0.05, 0.1) is 33.9 Å². The normalized spacial score (nSPS) is 18.8. The monoisotopic (exact) mass is 463 g/mol. The van der Waals surface area contributed by atoms with Crippen LogP contribution in [0.1, 0.15) is 32.3 Å². The maximum Gasteiger partial charge on any atom is 0.416 e. The number of halogens is 3. The average Bonchev–Trinajstić information content (AvgIpc) is 3.19. The molecular formula is C19H24F3N3O3S2. The van der Waals surface area contributed by atoms with Gasteiger partial charge in [-0.3, -0.25) is 4.79 Å². The number of aryl methyl sites for hydroxylation is 1. The van der Waals surface area contributed by atoms with E-state index in [1.54, 1.807) is 16.4 Å². The summed E-state index contributed by atoms with van der Waals surface area (Å²) < 4.78 is 64.5. The molecule has 0 N–H and O–H groups in total. The lowest BCUT2D eigenvalue weighted by atomic mass is 10.2. The Hall–Kier alpha value is -1.75. The second kappa shape index (κ2) is 8.78. The summed E-state index contributed by atoms with van der Waals surface area (Å²) in [6.07, 6.45) is -3.31. The summed E-state index contributed by atoms with van der Waals surface area (Å²) >= 11 is 1.17. The molecule has 0 unspecified atom stereocenters. The van der Waals surface area contributed by atoms with Crippen LogP contribution in [0.4, 0.5) is 13.2 Å². The molecule has 2 heterocycles.